The number of hydrogen-bond donors (Lipinski definition) is 1. The van der Waals surface area contributed by atoms with E-state index >= 15 is 0 Å². The molecule has 1 aliphatic heterocycles. The van der Waals surface area contributed by atoms with Crippen LogP contribution >= 0.6 is 22.9 Å². The van der Waals surface area contributed by atoms with Gasteiger partial charge in [-0.15, -0.1) is 11.3 Å². The third-order valence-corrected chi connectivity index (χ3v) is 4.86. The number of thiophene rings is 1. The summed E-state index contributed by atoms with van der Waals surface area (Å²) in [5, 5.41) is 13.1. The third-order valence-electron chi connectivity index (χ3n) is 3.61. The van der Waals surface area contributed by atoms with Gasteiger partial charge in [0.1, 0.15) is 0 Å². The predicted molar refractivity (Wildman–Crippen MR) is 80.5 cm³/mol. The van der Waals surface area contributed by atoms with Gasteiger partial charge in [-0.25, -0.2) is 0 Å². The van der Waals surface area contributed by atoms with Gasteiger partial charge in [-0.3, -0.25) is 4.79 Å². The zero-order valence-electron chi connectivity index (χ0n) is 11.3. The molecule has 3 heterocycles. The molecule has 0 aliphatic carbocycles. The molecule has 1 amide bonds. The standard InChI is InChI=1S/C14H15ClN2O3S/c15-13-4-3-12(21-13)11-6-10(16-20-11)14(19)17-5-1-2-9(7-17)8-18/h3-4,6,9,18H,1-2,5,7-8H2. The second-order valence-electron chi connectivity index (χ2n) is 5.12. The Morgan fingerprint density at radius 2 is 2.43 bits per heavy atom. The largest absolute Gasteiger partial charge is 0.396 e. The first kappa shape index (κ1) is 14.6. The molecule has 1 aliphatic rings. The Morgan fingerprint density at radius 1 is 1.57 bits per heavy atom. The quantitative estimate of drug-likeness (QED) is 0.941. The molecule has 21 heavy (non-hydrogen) atoms. The number of amides is 1. The Kier molecular flexibility index (Phi) is 4.28. The Balaban J connectivity index is 1.75. The maximum atomic E-state index is 12.4. The molecule has 2 aromatic rings. The van der Waals surface area contributed by atoms with E-state index in [2.05, 4.69) is 5.16 Å². The molecule has 0 saturated carbocycles. The van der Waals surface area contributed by atoms with Crippen LogP contribution in [0.5, 0.6) is 0 Å². The van der Waals surface area contributed by atoms with Crippen molar-refractivity contribution < 1.29 is 14.4 Å². The smallest absolute Gasteiger partial charge is 0.276 e. The fraction of sp³-hybridized carbons (Fsp3) is 0.429. The van der Waals surface area contributed by atoms with Gasteiger partial charge in [0.15, 0.2) is 11.5 Å². The van der Waals surface area contributed by atoms with Crippen molar-refractivity contribution in [1.82, 2.24) is 10.1 Å². The summed E-state index contributed by atoms with van der Waals surface area (Å²) in [4.78, 5) is 15.0. The number of likely N-dealkylation sites (tertiary alicyclic amines) is 1. The maximum absolute atomic E-state index is 12.4. The van der Waals surface area contributed by atoms with E-state index in [0.717, 1.165) is 17.7 Å². The molecule has 0 bridgehead atoms. The second-order valence-corrected chi connectivity index (χ2v) is 6.84. The minimum atomic E-state index is -0.147. The number of carbonyl (C=O) groups is 1. The number of nitrogens with zero attached hydrogens (tertiary/aromatic N) is 2. The van der Waals surface area contributed by atoms with Crippen LogP contribution in [0.15, 0.2) is 22.7 Å². The Labute approximate surface area is 131 Å². The van der Waals surface area contributed by atoms with Gasteiger partial charge in [0.2, 0.25) is 0 Å². The highest BCUT2D eigenvalue weighted by atomic mass is 35.5. The zero-order valence-corrected chi connectivity index (χ0v) is 12.9. The summed E-state index contributed by atoms with van der Waals surface area (Å²) in [5.41, 5.74) is 0.299. The summed E-state index contributed by atoms with van der Waals surface area (Å²) in [7, 11) is 0. The van der Waals surface area contributed by atoms with Crippen molar-refractivity contribution in [2.75, 3.05) is 19.7 Å². The Bertz CT molecular complexity index is 640. The average molecular weight is 327 g/mol. The molecular formula is C14H15ClN2O3S. The van der Waals surface area contributed by atoms with E-state index in [1.165, 1.54) is 11.3 Å². The van der Waals surface area contributed by atoms with E-state index in [4.69, 9.17) is 16.1 Å². The highest BCUT2D eigenvalue weighted by molar-refractivity contribution is 7.19. The fourth-order valence-electron chi connectivity index (χ4n) is 2.50. The van der Waals surface area contributed by atoms with Crippen LogP contribution in [0.25, 0.3) is 10.6 Å². The topological polar surface area (TPSA) is 66.6 Å². The van der Waals surface area contributed by atoms with Crippen LogP contribution in [0.1, 0.15) is 23.3 Å². The number of rotatable bonds is 3. The molecule has 1 saturated heterocycles. The van der Waals surface area contributed by atoms with Crippen LogP contribution in [-0.4, -0.2) is 40.8 Å². The van der Waals surface area contributed by atoms with Crippen molar-refractivity contribution in [2.45, 2.75) is 12.8 Å². The summed E-state index contributed by atoms with van der Waals surface area (Å²) in [6, 6.07) is 5.26. The summed E-state index contributed by atoms with van der Waals surface area (Å²) >= 11 is 7.27. The summed E-state index contributed by atoms with van der Waals surface area (Å²) in [6.45, 7) is 1.38. The average Bonchev–Trinajstić information content (AvgIpc) is 3.15. The first-order chi connectivity index (χ1) is 10.2. The molecule has 0 radical (unpaired) electrons. The summed E-state index contributed by atoms with van der Waals surface area (Å²) < 4.78 is 5.90. The lowest BCUT2D eigenvalue weighted by atomic mass is 9.99. The lowest BCUT2D eigenvalue weighted by molar-refractivity contribution is 0.0611. The van der Waals surface area contributed by atoms with E-state index < -0.39 is 0 Å². The van der Waals surface area contributed by atoms with Crippen LogP contribution in [0.3, 0.4) is 0 Å². The maximum Gasteiger partial charge on any atom is 0.276 e. The highest BCUT2D eigenvalue weighted by Crippen LogP contribution is 2.31. The van der Waals surface area contributed by atoms with Crippen molar-refractivity contribution >= 4 is 28.8 Å². The monoisotopic (exact) mass is 326 g/mol. The van der Waals surface area contributed by atoms with Gasteiger partial charge in [0.25, 0.3) is 5.91 Å². The van der Waals surface area contributed by atoms with Gasteiger partial charge in [-0.05, 0) is 30.9 Å². The molecule has 112 valence electrons. The molecule has 7 heteroatoms. The molecule has 0 spiro atoms. The highest BCUT2D eigenvalue weighted by Gasteiger charge is 2.26. The zero-order chi connectivity index (χ0) is 14.8. The molecule has 1 N–H and O–H groups in total. The van der Waals surface area contributed by atoms with Gasteiger partial charge >= 0.3 is 0 Å². The van der Waals surface area contributed by atoms with Gasteiger partial charge in [-0.2, -0.15) is 0 Å². The van der Waals surface area contributed by atoms with Crippen LogP contribution in [0.2, 0.25) is 4.34 Å². The van der Waals surface area contributed by atoms with Crippen LogP contribution < -0.4 is 0 Å². The van der Waals surface area contributed by atoms with Crippen molar-refractivity contribution in [3.63, 3.8) is 0 Å². The lowest BCUT2D eigenvalue weighted by Crippen LogP contribution is -2.41. The number of aliphatic hydroxyl groups excluding tert-OH is 1. The second kappa shape index (κ2) is 6.17. The number of piperidine rings is 1. The minimum absolute atomic E-state index is 0.113. The van der Waals surface area contributed by atoms with Crippen molar-refractivity contribution in [2.24, 2.45) is 5.92 Å². The van der Waals surface area contributed by atoms with E-state index in [9.17, 15) is 9.90 Å². The molecule has 1 fully saturated rings. The number of aliphatic hydroxyl groups is 1. The molecule has 1 unspecified atom stereocenters. The SMILES string of the molecule is O=C(c1cc(-c2ccc(Cl)s2)on1)N1CCCC(CO)C1. The Hall–Kier alpha value is -1.37. The third kappa shape index (κ3) is 3.12. The predicted octanol–water partition coefficient (Wildman–Crippen LogP) is 2.90. The van der Waals surface area contributed by atoms with Crippen molar-refractivity contribution in [1.29, 1.82) is 0 Å². The van der Waals surface area contributed by atoms with Crippen LogP contribution in [-0.2, 0) is 0 Å². The fourth-order valence-corrected chi connectivity index (χ4v) is 3.49. The number of halogens is 1. The van der Waals surface area contributed by atoms with Gasteiger partial charge < -0.3 is 14.5 Å². The van der Waals surface area contributed by atoms with E-state index in [-0.39, 0.29) is 18.4 Å². The molecule has 3 rings (SSSR count). The molecule has 2 aromatic heterocycles. The van der Waals surface area contributed by atoms with E-state index in [1.807, 2.05) is 6.07 Å². The summed E-state index contributed by atoms with van der Waals surface area (Å²) in [5.74, 6) is 0.557. The summed E-state index contributed by atoms with van der Waals surface area (Å²) in [6.07, 6.45) is 1.86. The normalized spacial score (nSPS) is 19.0. The molecule has 1 atom stereocenters. The van der Waals surface area contributed by atoms with Gasteiger partial charge in [0.05, 0.1) is 9.21 Å². The lowest BCUT2D eigenvalue weighted by Gasteiger charge is -2.31. The Morgan fingerprint density at radius 3 is 3.14 bits per heavy atom. The number of hydrogen-bond acceptors (Lipinski definition) is 5. The molecule has 0 aromatic carbocycles. The van der Waals surface area contributed by atoms with Crippen LogP contribution in [0, 0.1) is 5.92 Å². The first-order valence-electron chi connectivity index (χ1n) is 6.80. The minimum Gasteiger partial charge on any atom is -0.396 e. The molecular weight excluding hydrogens is 312 g/mol. The van der Waals surface area contributed by atoms with Crippen molar-refractivity contribution in [3.8, 4) is 10.6 Å². The van der Waals surface area contributed by atoms with E-state index in [0.29, 0.717) is 28.9 Å². The van der Waals surface area contributed by atoms with Gasteiger partial charge in [-0.1, -0.05) is 16.8 Å². The van der Waals surface area contributed by atoms with E-state index in [1.54, 1.807) is 17.0 Å². The first-order valence-corrected chi connectivity index (χ1v) is 7.99. The number of aromatic nitrogens is 1. The number of carbonyl (C=O) groups excluding carboxylic acids is 1. The molecule has 5 nitrogen and oxygen atoms in total. The van der Waals surface area contributed by atoms with Gasteiger partial charge in [0, 0.05) is 25.8 Å². The van der Waals surface area contributed by atoms with Crippen LogP contribution in [0.4, 0.5) is 0 Å². The van der Waals surface area contributed by atoms with Crippen molar-refractivity contribution in [3.05, 3.63) is 28.2 Å².